The number of anilines is 2. The Hall–Kier alpha value is -2.77. The van der Waals surface area contributed by atoms with Crippen LogP contribution in [0.1, 0.15) is 12.5 Å². The third-order valence-electron chi connectivity index (χ3n) is 5.68. The molecule has 0 radical (unpaired) electrons. The summed E-state index contributed by atoms with van der Waals surface area (Å²) in [5.41, 5.74) is 3.52. The van der Waals surface area contributed by atoms with Crippen molar-refractivity contribution in [3.8, 4) is 0 Å². The third kappa shape index (κ3) is 3.75. The number of hydrogen-bond donors (Lipinski definition) is 1. The summed E-state index contributed by atoms with van der Waals surface area (Å²) in [6.45, 7) is 8.43. The lowest BCUT2D eigenvalue weighted by Gasteiger charge is -2.39. The minimum atomic E-state index is -2.55. The number of benzene rings is 3. The molecule has 0 saturated carbocycles. The van der Waals surface area contributed by atoms with E-state index in [1.54, 1.807) is 0 Å². The summed E-state index contributed by atoms with van der Waals surface area (Å²) in [6.07, 6.45) is 0.908. The standard InChI is InChI=1S/C25H28N3P/c1-21(20-23-12-6-3-7-13-23)22(2)29(26)27(24-14-8-4-9-15-24)18-19-28(29)25-16-10-5-11-17-25/h3-17,21,26H,2,18-20H2,1H3. The summed E-state index contributed by atoms with van der Waals surface area (Å²) in [4.78, 5) is 0. The predicted molar refractivity (Wildman–Crippen MR) is 126 cm³/mol. The van der Waals surface area contributed by atoms with Gasteiger partial charge in [0.05, 0.1) is 0 Å². The molecule has 0 aromatic heterocycles. The Bertz CT molecular complexity index is 951. The molecule has 3 nitrogen and oxygen atoms in total. The lowest BCUT2D eigenvalue weighted by atomic mass is 10.0. The highest BCUT2D eigenvalue weighted by Gasteiger charge is 2.42. The van der Waals surface area contributed by atoms with Gasteiger partial charge in [-0.15, -0.1) is 0 Å². The van der Waals surface area contributed by atoms with Crippen molar-refractivity contribution in [1.29, 1.82) is 5.16 Å². The number of nitrogens with one attached hydrogen (secondary N) is 1. The van der Waals surface area contributed by atoms with Crippen molar-refractivity contribution in [2.75, 3.05) is 22.4 Å². The summed E-state index contributed by atoms with van der Waals surface area (Å²) >= 11 is 0. The molecule has 1 heterocycles. The van der Waals surface area contributed by atoms with Crippen LogP contribution >= 0.6 is 7.36 Å². The average Bonchev–Trinajstić information content (AvgIpc) is 3.13. The maximum Gasteiger partial charge on any atom is 0.168 e. The molecule has 1 fully saturated rings. The molecule has 1 atom stereocenters. The molecule has 1 saturated heterocycles. The van der Waals surface area contributed by atoms with Crippen LogP contribution in [0.5, 0.6) is 0 Å². The first-order valence-electron chi connectivity index (χ1n) is 10.1. The van der Waals surface area contributed by atoms with Gasteiger partial charge >= 0.3 is 0 Å². The number of hydrogen-bond acceptors (Lipinski definition) is 1. The summed E-state index contributed by atoms with van der Waals surface area (Å²) < 4.78 is 4.59. The van der Waals surface area contributed by atoms with E-state index in [4.69, 9.17) is 0 Å². The van der Waals surface area contributed by atoms with E-state index < -0.39 is 7.36 Å². The molecule has 3 aromatic rings. The van der Waals surface area contributed by atoms with E-state index in [-0.39, 0.29) is 5.92 Å². The van der Waals surface area contributed by atoms with Gasteiger partial charge in [0.2, 0.25) is 0 Å². The number of allylic oxidation sites excluding steroid dienone is 1. The van der Waals surface area contributed by atoms with Crippen molar-refractivity contribution in [1.82, 2.24) is 0 Å². The van der Waals surface area contributed by atoms with Crippen molar-refractivity contribution >= 4 is 18.7 Å². The number of para-hydroxylation sites is 2. The number of nitrogens with zero attached hydrogens (tertiary/aromatic N) is 2. The lowest BCUT2D eigenvalue weighted by Crippen LogP contribution is -2.22. The largest absolute Gasteiger partial charge is 0.318 e. The van der Waals surface area contributed by atoms with E-state index in [1.165, 1.54) is 5.56 Å². The molecule has 148 valence electrons. The Kier molecular flexibility index (Phi) is 5.60. The van der Waals surface area contributed by atoms with Crippen LogP contribution in [0, 0.1) is 11.1 Å². The van der Waals surface area contributed by atoms with Gasteiger partial charge in [0.1, 0.15) is 0 Å². The molecule has 1 N–H and O–H groups in total. The summed E-state index contributed by atoms with van der Waals surface area (Å²) in [5, 5.41) is 10.9. The molecule has 3 aromatic carbocycles. The molecule has 1 aliphatic heterocycles. The highest BCUT2D eigenvalue weighted by atomic mass is 31.2. The van der Waals surface area contributed by atoms with Crippen molar-refractivity contribution in [3.05, 3.63) is 108 Å². The summed E-state index contributed by atoms with van der Waals surface area (Å²) in [6, 6.07) is 31.3. The van der Waals surface area contributed by atoms with Crippen LogP contribution in [0.4, 0.5) is 11.4 Å². The number of rotatable bonds is 6. The van der Waals surface area contributed by atoms with Gasteiger partial charge in [0.15, 0.2) is 7.36 Å². The first-order valence-corrected chi connectivity index (χ1v) is 11.8. The van der Waals surface area contributed by atoms with Gasteiger partial charge in [-0.05, 0) is 42.2 Å². The quantitative estimate of drug-likeness (QED) is 0.450. The minimum Gasteiger partial charge on any atom is -0.318 e. The zero-order valence-corrected chi connectivity index (χ0v) is 17.8. The van der Waals surface area contributed by atoms with Crippen LogP contribution in [0.3, 0.4) is 0 Å². The van der Waals surface area contributed by atoms with E-state index >= 15 is 0 Å². The topological polar surface area (TPSA) is 30.3 Å². The van der Waals surface area contributed by atoms with Gasteiger partial charge < -0.3 is 9.34 Å². The molecule has 0 amide bonds. The lowest BCUT2D eigenvalue weighted by molar-refractivity contribution is 0.709. The van der Waals surface area contributed by atoms with Crippen LogP contribution in [0.15, 0.2) is 103 Å². The van der Waals surface area contributed by atoms with Crippen molar-refractivity contribution in [2.24, 2.45) is 5.92 Å². The molecule has 0 aliphatic carbocycles. The predicted octanol–water partition coefficient (Wildman–Crippen LogP) is 7.02. The fraction of sp³-hybridized carbons (Fsp3) is 0.200. The molecular formula is C25H28N3P. The second-order valence-corrected chi connectivity index (χ2v) is 10.3. The zero-order valence-electron chi connectivity index (χ0n) is 16.9. The maximum absolute atomic E-state index is 9.84. The van der Waals surface area contributed by atoms with Gasteiger partial charge in [-0.3, -0.25) is 5.16 Å². The highest BCUT2D eigenvalue weighted by molar-refractivity contribution is 7.72. The normalized spacial score (nSPS) is 16.6. The SMILES string of the molecule is C=C(C(C)Cc1ccccc1)P1(=N)N(c2ccccc2)CCN1c1ccccc1. The highest BCUT2D eigenvalue weighted by Crippen LogP contribution is 2.67. The third-order valence-corrected chi connectivity index (χ3v) is 9.19. The Morgan fingerprint density at radius 2 is 1.24 bits per heavy atom. The monoisotopic (exact) mass is 401 g/mol. The van der Waals surface area contributed by atoms with E-state index in [0.717, 1.165) is 36.2 Å². The van der Waals surface area contributed by atoms with Gasteiger partial charge in [0.25, 0.3) is 0 Å². The van der Waals surface area contributed by atoms with Crippen LogP contribution in [-0.4, -0.2) is 13.1 Å². The average molecular weight is 401 g/mol. The molecule has 4 rings (SSSR count). The van der Waals surface area contributed by atoms with Gasteiger partial charge in [0, 0.05) is 29.8 Å². The van der Waals surface area contributed by atoms with Crippen LogP contribution in [0.25, 0.3) is 0 Å². The van der Waals surface area contributed by atoms with Crippen LogP contribution in [0.2, 0.25) is 0 Å². The fourth-order valence-corrected chi connectivity index (χ4v) is 7.38. The van der Waals surface area contributed by atoms with Gasteiger partial charge in [-0.25, -0.2) is 0 Å². The zero-order chi connectivity index (χ0) is 20.3. The van der Waals surface area contributed by atoms with E-state index in [9.17, 15) is 5.16 Å². The molecular weight excluding hydrogens is 373 g/mol. The second kappa shape index (κ2) is 8.31. The van der Waals surface area contributed by atoms with E-state index in [1.807, 2.05) is 18.2 Å². The Labute approximate surface area is 174 Å². The first kappa shape index (κ1) is 19.5. The molecule has 29 heavy (non-hydrogen) atoms. The molecule has 1 aliphatic rings. The Morgan fingerprint density at radius 3 is 1.69 bits per heavy atom. The van der Waals surface area contributed by atoms with Crippen LogP contribution in [-0.2, 0) is 6.42 Å². The molecule has 0 bridgehead atoms. The van der Waals surface area contributed by atoms with Crippen molar-refractivity contribution in [2.45, 2.75) is 13.3 Å². The van der Waals surface area contributed by atoms with Gasteiger partial charge in [-0.2, -0.15) is 0 Å². The maximum atomic E-state index is 9.84. The fourth-order valence-electron chi connectivity index (χ4n) is 4.10. The Balaban J connectivity index is 1.72. The smallest absolute Gasteiger partial charge is 0.168 e. The summed E-state index contributed by atoms with van der Waals surface area (Å²) in [7, 11) is -2.55. The van der Waals surface area contributed by atoms with Crippen LogP contribution < -0.4 is 9.34 Å². The van der Waals surface area contributed by atoms with Crippen molar-refractivity contribution < 1.29 is 0 Å². The Morgan fingerprint density at radius 1 is 0.828 bits per heavy atom. The summed E-state index contributed by atoms with van der Waals surface area (Å²) in [5.74, 6) is 0.221. The molecule has 0 spiro atoms. The minimum absolute atomic E-state index is 0.221. The second-order valence-electron chi connectivity index (χ2n) is 7.60. The first-order chi connectivity index (χ1) is 14.1. The van der Waals surface area contributed by atoms with Crippen molar-refractivity contribution in [3.63, 3.8) is 0 Å². The molecule has 4 heteroatoms. The van der Waals surface area contributed by atoms with E-state index in [2.05, 4.69) is 95.6 Å². The van der Waals surface area contributed by atoms with E-state index in [0.29, 0.717) is 0 Å². The molecule has 1 unspecified atom stereocenters. The van der Waals surface area contributed by atoms with Gasteiger partial charge in [-0.1, -0.05) is 80.2 Å².